The van der Waals surface area contributed by atoms with Crippen molar-refractivity contribution in [2.24, 2.45) is 0 Å². The van der Waals surface area contributed by atoms with Gasteiger partial charge >= 0.3 is 51.4 Å². The van der Waals surface area contributed by atoms with Gasteiger partial charge in [0.25, 0.3) is 0 Å². The zero-order chi connectivity index (χ0) is 4.50. The summed E-state index contributed by atoms with van der Waals surface area (Å²) >= 11 is 0. The molecule has 0 atom stereocenters. The minimum absolute atomic E-state index is 0. The molecule has 0 bridgehead atoms. The summed E-state index contributed by atoms with van der Waals surface area (Å²) in [6, 6.07) is 0. The monoisotopic (exact) mass is 167 g/mol. The summed E-state index contributed by atoms with van der Waals surface area (Å²) in [5.74, 6) is 0. The van der Waals surface area contributed by atoms with Crippen molar-refractivity contribution in [2.45, 2.75) is 0 Å². The van der Waals surface area contributed by atoms with Crippen LogP contribution in [0, 0.1) is 0 Å². The van der Waals surface area contributed by atoms with Crippen molar-refractivity contribution in [3.8, 4) is 0 Å². The molecular weight excluding hydrogens is 156 g/mol. The van der Waals surface area contributed by atoms with E-state index in [9.17, 15) is 0 Å². The Bertz CT molecular complexity index is 31.5. The number of quaternary nitrogens is 1. The van der Waals surface area contributed by atoms with Crippen molar-refractivity contribution in [2.75, 3.05) is 28.2 Å². The van der Waals surface area contributed by atoms with Crippen LogP contribution in [0.5, 0.6) is 0 Å². The normalized spacial score (nSPS) is 7.50. The van der Waals surface area contributed by atoms with Gasteiger partial charge in [-0.15, -0.1) is 0 Å². The average Bonchev–Trinajstić information content (AvgIpc) is 0.722. The molecule has 0 aromatic carbocycles. The Kier molecular flexibility index (Phi) is 24.9. The van der Waals surface area contributed by atoms with E-state index in [-0.39, 0.29) is 68.5 Å². The number of nitrogens with zero attached hydrogens (tertiary/aromatic N) is 1. The largest absolute Gasteiger partial charge is 1.00 e. The quantitative estimate of drug-likeness (QED) is 0.249. The molecule has 0 aromatic rings. The first-order valence-electron chi connectivity index (χ1n) is 1.79. The number of rotatable bonds is 0. The minimum atomic E-state index is 0. The average molecular weight is 168 g/mol. The Morgan fingerprint density at radius 3 is 0.875 bits per heavy atom. The molecule has 8 heavy (non-hydrogen) atoms. The Balaban J connectivity index is -0.0000000267. The van der Waals surface area contributed by atoms with E-state index >= 15 is 0 Å². The molecular formula is C4H12ClFKN. The van der Waals surface area contributed by atoms with Crippen LogP contribution in [0.4, 0.5) is 0 Å². The number of hydrogen-bond acceptors (Lipinski definition) is 0. The zero-order valence-electron chi connectivity index (χ0n) is 6.20. The summed E-state index contributed by atoms with van der Waals surface area (Å²) in [7, 11) is 8.50. The van der Waals surface area contributed by atoms with Crippen LogP contribution in [0.1, 0.15) is 0 Å². The molecule has 0 radical (unpaired) electrons. The van der Waals surface area contributed by atoms with Gasteiger partial charge in [0.05, 0.1) is 28.2 Å². The molecule has 0 aliphatic heterocycles. The van der Waals surface area contributed by atoms with Crippen LogP contribution >= 0.6 is 0 Å². The standard InChI is InChI=1S/C4H12N.ClH.FH.K/c1-5(2,3)4;;;/h1-4H3;2*1H;/q+1;;;+1/p-2. The van der Waals surface area contributed by atoms with E-state index in [4.69, 9.17) is 0 Å². The van der Waals surface area contributed by atoms with Gasteiger partial charge in [-0.1, -0.05) is 0 Å². The maximum atomic E-state index is 2.12. The predicted octanol–water partition coefficient (Wildman–Crippen LogP) is -8.67. The molecule has 0 spiro atoms. The van der Waals surface area contributed by atoms with Crippen LogP contribution in [0.15, 0.2) is 0 Å². The first-order chi connectivity index (χ1) is 2.00. The van der Waals surface area contributed by atoms with Crippen molar-refractivity contribution in [1.29, 1.82) is 0 Å². The Morgan fingerprint density at radius 1 is 0.875 bits per heavy atom. The zero-order valence-corrected chi connectivity index (χ0v) is 10.1. The van der Waals surface area contributed by atoms with Crippen molar-refractivity contribution in [3.05, 3.63) is 0 Å². The van der Waals surface area contributed by atoms with Gasteiger partial charge in [0.15, 0.2) is 0 Å². The fourth-order valence-electron chi connectivity index (χ4n) is 0. The minimum Gasteiger partial charge on any atom is -1.00 e. The molecule has 0 saturated heterocycles. The van der Waals surface area contributed by atoms with Gasteiger partial charge in [0, 0.05) is 0 Å². The molecule has 0 aliphatic carbocycles. The Morgan fingerprint density at radius 2 is 0.875 bits per heavy atom. The molecule has 0 aromatic heterocycles. The fraction of sp³-hybridized carbons (Fsp3) is 1.00. The van der Waals surface area contributed by atoms with Crippen molar-refractivity contribution in [3.63, 3.8) is 0 Å². The molecule has 0 saturated carbocycles. The molecule has 0 unspecified atom stereocenters. The van der Waals surface area contributed by atoms with Crippen LogP contribution in [-0.4, -0.2) is 32.7 Å². The van der Waals surface area contributed by atoms with Gasteiger partial charge in [-0.25, -0.2) is 0 Å². The summed E-state index contributed by atoms with van der Waals surface area (Å²) in [5.41, 5.74) is 0. The van der Waals surface area contributed by atoms with Gasteiger partial charge in [0.1, 0.15) is 0 Å². The molecule has 0 N–H and O–H groups in total. The number of hydrogen-bond donors (Lipinski definition) is 0. The Labute approximate surface area is 99.6 Å². The summed E-state index contributed by atoms with van der Waals surface area (Å²) in [6.07, 6.45) is 0. The maximum absolute atomic E-state index is 2.12. The summed E-state index contributed by atoms with van der Waals surface area (Å²) < 4.78 is 1.00. The van der Waals surface area contributed by atoms with E-state index in [0.29, 0.717) is 0 Å². The van der Waals surface area contributed by atoms with Crippen LogP contribution in [-0.2, 0) is 0 Å². The third-order valence-corrected chi connectivity index (χ3v) is 0. The molecule has 0 fully saturated rings. The van der Waals surface area contributed by atoms with Crippen LogP contribution in [0.25, 0.3) is 0 Å². The van der Waals surface area contributed by atoms with E-state index in [1.54, 1.807) is 0 Å². The molecule has 0 amide bonds. The van der Waals surface area contributed by atoms with Crippen LogP contribution in [0.3, 0.4) is 0 Å². The smallest absolute Gasteiger partial charge is 1.00 e. The van der Waals surface area contributed by atoms with E-state index < -0.39 is 0 Å². The van der Waals surface area contributed by atoms with E-state index in [0.717, 1.165) is 4.48 Å². The molecule has 48 valence electrons. The van der Waals surface area contributed by atoms with E-state index in [1.165, 1.54) is 0 Å². The second-order valence-electron chi connectivity index (χ2n) is 2.68. The second-order valence-corrected chi connectivity index (χ2v) is 2.68. The first-order valence-corrected chi connectivity index (χ1v) is 1.79. The topological polar surface area (TPSA) is 0 Å². The maximum Gasteiger partial charge on any atom is 1.00 e. The molecule has 0 aliphatic rings. The van der Waals surface area contributed by atoms with Gasteiger partial charge < -0.3 is 21.6 Å². The molecule has 4 heteroatoms. The summed E-state index contributed by atoms with van der Waals surface area (Å²) in [4.78, 5) is 0. The van der Waals surface area contributed by atoms with E-state index in [1.807, 2.05) is 0 Å². The predicted molar refractivity (Wildman–Crippen MR) is 24.0 cm³/mol. The van der Waals surface area contributed by atoms with Gasteiger partial charge in [-0.05, 0) is 0 Å². The van der Waals surface area contributed by atoms with Crippen LogP contribution < -0.4 is 68.5 Å². The van der Waals surface area contributed by atoms with Crippen molar-refractivity contribution in [1.82, 2.24) is 0 Å². The summed E-state index contributed by atoms with van der Waals surface area (Å²) in [6.45, 7) is 0. The molecule has 0 heterocycles. The Hall–Kier alpha value is 1.82. The first kappa shape index (κ1) is 22.6. The summed E-state index contributed by atoms with van der Waals surface area (Å²) in [5, 5.41) is 0. The van der Waals surface area contributed by atoms with Crippen molar-refractivity contribution >= 4 is 0 Å². The third-order valence-electron chi connectivity index (χ3n) is 0. The van der Waals surface area contributed by atoms with Gasteiger partial charge in [-0.2, -0.15) is 0 Å². The van der Waals surface area contributed by atoms with Gasteiger partial charge in [0.2, 0.25) is 0 Å². The fourth-order valence-corrected chi connectivity index (χ4v) is 0. The second kappa shape index (κ2) is 8.82. The molecule has 1 nitrogen and oxygen atoms in total. The molecule has 0 rings (SSSR count). The van der Waals surface area contributed by atoms with Crippen LogP contribution in [0.2, 0.25) is 0 Å². The number of halogens is 2. The van der Waals surface area contributed by atoms with E-state index in [2.05, 4.69) is 28.2 Å². The third kappa shape index (κ3) is 110. The SMILES string of the molecule is C[N+](C)(C)C.[Cl-].[F-].[K+]. The van der Waals surface area contributed by atoms with Gasteiger partial charge in [-0.3, -0.25) is 0 Å². The van der Waals surface area contributed by atoms with Crippen molar-refractivity contribution < 1.29 is 73.0 Å².